The number of hydrogen-bond acceptors (Lipinski definition) is 3. The summed E-state index contributed by atoms with van der Waals surface area (Å²) in [6, 6.07) is 4.71. The molecule has 20 heavy (non-hydrogen) atoms. The lowest BCUT2D eigenvalue weighted by Crippen LogP contribution is -2.51. The van der Waals surface area contributed by atoms with E-state index in [9.17, 15) is 9.90 Å². The molecule has 0 heterocycles. The first-order valence-electron chi connectivity index (χ1n) is 6.86. The van der Waals surface area contributed by atoms with Crippen molar-refractivity contribution in [1.82, 2.24) is 5.32 Å². The van der Waals surface area contributed by atoms with Crippen LogP contribution in [0.15, 0.2) is 18.2 Å². The topological polar surface area (TPSA) is 58.6 Å². The Labute approximate surface area is 127 Å². The summed E-state index contributed by atoms with van der Waals surface area (Å²) in [6.45, 7) is 0. The molecule has 0 saturated heterocycles. The molecular formula is C15H20BrNO3. The van der Waals surface area contributed by atoms with Crippen LogP contribution in [0, 0.1) is 0 Å². The number of phenols is 1. The molecule has 1 aliphatic rings. The van der Waals surface area contributed by atoms with Gasteiger partial charge in [-0.15, -0.1) is 0 Å². The zero-order valence-electron chi connectivity index (χ0n) is 11.6. The number of phenolic OH excluding ortho intramolecular Hbond substituents is 1. The van der Waals surface area contributed by atoms with E-state index in [4.69, 9.17) is 4.74 Å². The Morgan fingerprint density at radius 3 is 2.65 bits per heavy atom. The molecule has 1 aromatic carbocycles. The molecule has 5 heteroatoms. The van der Waals surface area contributed by atoms with Gasteiger partial charge in [0, 0.05) is 10.9 Å². The van der Waals surface area contributed by atoms with E-state index in [1.165, 1.54) is 19.6 Å². The molecule has 1 fully saturated rings. The molecule has 1 saturated carbocycles. The van der Waals surface area contributed by atoms with Crippen molar-refractivity contribution in [2.75, 3.05) is 12.4 Å². The Balaban J connectivity index is 2.12. The quantitative estimate of drug-likeness (QED) is 0.826. The van der Waals surface area contributed by atoms with Gasteiger partial charge in [0.25, 0.3) is 5.91 Å². The first-order valence-corrected chi connectivity index (χ1v) is 7.98. The van der Waals surface area contributed by atoms with Gasteiger partial charge in [-0.1, -0.05) is 35.2 Å². The van der Waals surface area contributed by atoms with E-state index in [0.29, 0.717) is 11.3 Å². The number of nitrogens with one attached hydrogen (secondary N) is 1. The number of amides is 1. The maximum absolute atomic E-state index is 12.3. The van der Waals surface area contributed by atoms with Crippen molar-refractivity contribution in [2.24, 2.45) is 0 Å². The maximum atomic E-state index is 12.3. The van der Waals surface area contributed by atoms with Crippen LogP contribution in [-0.4, -0.2) is 29.0 Å². The van der Waals surface area contributed by atoms with Crippen molar-refractivity contribution in [1.29, 1.82) is 0 Å². The number of methoxy groups -OCH3 is 1. The highest BCUT2D eigenvalue weighted by atomic mass is 79.9. The third kappa shape index (κ3) is 3.26. The van der Waals surface area contributed by atoms with Crippen molar-refractivity contribution in [2.45, 2.75) is 37.6 Å². The average molecular weight is 342 g/mol. The second kappa shape index (κ2) is 6.48. The van der Waals surface area contributed by atoms with Crippen LogP contribution in [0.5, 0.6) is 11.5 Å². The van der Waals surface area contributed by atoms with Gasteiger partial charge in [0.2, 0.25) is 0 Å². The molecule has 2 rings (SSSR count). The van der Waals surface area contributed by atoms with Gasteiger partial charge in [0.05, 0.1) is 12.6 Å². The minimum Gasteiger partial charge on any atom is -0.504 e. The number of alkyl halides is 1. The van der Waals surface area contributed by atoms with Crippen LogP contribution in [0.25, 0.3) is 0 Å². The largest absolute Gasteiger partial charge is 0.504 e. The van der Waals surface area contributed by atoms with Crippen LogP contribution in [0.3, 0.4) is 0 Å². The van der Waals surface area contributed by atoms with E-state index in [1.807, 2.05) is 0 Å². The number of hydrogen-bond donors (Lipinski definition) is 2. The smallest absolute Gasteiger partial charge is 0.251 e. The maximum Gasteiger partial charge on any atom is 0.251 e. The third-order valence-electron chi connectivity index (χ3n) is 3.89. The van der Waals surface area contributed by atoms with Crippen LogP contribution >= 0.6 is 15.9 Å². The third-order valence-corrected chi connectivity index (χ3v) is 4.96. The molecule has 0 bridgehead atoms. The molecule has 110 valence electrons. The molecule has 0 aliphatic heterocycles. The van der Waals surface area contributed by atoms with Crippen LogP contribution in [0.4, 0.5) is 0 Å². The van der Waals surface area contributed by atoms with Crippen molar-refractivity contribution in [3.8, 4) is 11.5 Å². The van der Waals surface area contributed by atoms with Gasteiger partial charge in [-0.3, -0.25) is 4.79 Å². The number of benzene rings is 1. The minimum absolute atomic E-state index is 0.0170. The summed E-state index contributed by atoms with van der Waals surface area (Å²) in [5, 5.41) is 13.6. The predicted octanol–water partition coefficient (Wildman–Crippen LogP) is 3.23. The fourth-order valence-electron chi connectivity index (χ4n) is 2.66. The molecule has 0 spiro atoms. The summed E-state index contributed by atoms with van der Waals surface area (Å²) < 4.78 is 4.98. The molecule has 0 unspecified atom stereocenters. The van der Waals surface area contributed by atoms with Crippen LogP contribution in [0.1, 0.15) is 42.5 Å². The molecule has 1 aromatic rings. The lowest BCUT2D eigenvalue weighted by atomic mass is 9.83. The van der Waals surface area contributed by atoms with Crippen LogP contribution in [-0.2, 0) is 0 Å². The first-order chi connectivity index (χ1) is 9.60. The van der Waals surface area contributed by atoms with Gasteiger partial charge < -0.3 is 15.2 Å². The Kier molecular flexibility index (Phi) is 4.91. The summed E-state index contributed by atoms with van der Waals surface area (Å²) in [4.78, 5) is 12.3. The molecule has 0 radical (unpaired) electrons. The Morgan fingerprint density at radius 1 is 1.40 bits per heavy atom. The SMILES string of the molecule is COc1ccc(C(=O)NC2(CBr)CCCCC2)cc1O. The summed E-state index contributed by atoms with van der Waals surface area (Å²) in [5.41, 5.74) is 0.291. The molecule has 0 atom stereocenters. The predicted molar refractivity (Wildman–Crippen MR) is 81.7 cm³/mol. The fourth-order valence-corrected chi connectivity index (χ4v) is 3.37. The standard InChI is InChI=1S/C15H20BrNO3/c1-20-13-6-5-11(9-12(13)18)14(19)17-15(10-16)7-3-2-4-8-15/h5-6,9,18H,2-4,7-8,10H2,1H3,(H,17,19). The van der Waals surface area contributed by atoms with E-state index in [-0.39, 0.29) is 17.2 Å². The van der Waals surface area contributed by atoms with Gasteiger partial charge in [-0.25, -0.2) is 0 Å². The zero-order chi connectivity index (χ0) is 14.6. The van der Waals surface area contributed by atoms with E-state index in [1.54, 1.807) is 12.1 Å². The first kappa shape index (κ1) is 15.2. The molecule has 2 N–H and O–H groups in total. The van der Waals surface area contributed by atoms with Crippen molar-refractivity contribution in [3.05, 3.63) is 23.8 Å². The number of ether oxygens (including phenoxy) is 1. The average Bonchev–Trinajstić information content (AvgIpc) is 2.48. The van der Waals surface area contributed by atoms with Crippen molar-refractivity contribution < 1.29 is 14.6 Å². The Hall–Kier alpha value is -1.23. The van der Waals surface area contributed by atoms with E-state index < -0.39 is 0 Å². The molecule has 1 amide bonds. The van der Waals surface area contributed by atoms with Gasteiger partial charge in [-0.2, -0.15) is 0 Å². The van der Waals surface area contributed by atoms with Gasteiger partial charge >= 0.3 is 0 Å². The number of aromatic hydroxyl groups is 1. The second-order valence-corrected chi connectivity index (χ2v) is 5.88. The van der Waals surface area contributed by atoms with Crippen molar-refractivity contribution in [3.63, 3.8) is 0 Å². The Morgan fingerprint density at radius 2 is 2.10 bits per heavy atom. The molecule has 4 nitrogen and oxygen atoms in total. The summed E-state index contributed by atoms with van der Waals surface area (Å²) >= 11 is 3.52. The highest BCUT2D eigenvalue weighted by Crippen LogP contribution is 2.31. The zero-order valence-corrected chi connectivity index (χ0v) is 13.2. The summed E-state index contributed by atoms with van der Waals surface area (Å²) in [7, 11) is 1.48. The Bertz CT molecular complexity index is 484. The van der Waals surface area contributed by atoms with Gasteiger partial charge in [0.1, 0.15) is 0 Å². The number of carbonyl (C=O) groups excluding carboxylic acids is 1. The second-order valence-electron chi connectivity index (χ2n) is 5.32. The molecule has 0 aromatic heterocycles. The fraction of sp³-hybridized carbons (Fsp3) is 0.533. The number of halogens is 1. The number of rotatable bonds is 4. The summed E-state index contributed by atoms with van der Waals surface area (Å²) in [6.07, 6.45) is 5.49. The van der Waals surface area contributed by atoms with Crippen LogP contribution in [0.2, 0.25) is 0 Å². The lowest BCUT2D eigenvalue weighted by Gasteiger charge is -2.36. The highest BCUT2D eigenvalue weighted by molar-refractivity contribution is 9.09. The molecular weight excluding hydrogens is 322 g/mol. The van der Waals surface area contributed by atoms with Crippen LogP contribution < -0.4 is 10.1 Å². The van der Waals surface area contributed by atoms with Gasteiger partial charge in [0.15, 0.2) is 11.5 Å². The monoisotopic (exact) mass is 341 g/mol. The van der Waals surface area contributed by atoms with Gasteiger partial charge in [-0.05, 0) is 31.0 Å². The highest BCUT2D eigenvalue weighted by Gasteiger charge is 2.32. The minimum atomic E-state index is -0.162. The van der Waals surface area contributed by atoms with Crippen molar-refractivity contribution >= 4 is 21.8 Å². The van der Waals surface area contributed by atoms with E-state index in [0.717, 1.165) is 31.0 Å². The van der Waals surface area contributed by atoms with E-state index in [2.05, 4.69) is 21.2 Å². The van der Waals surface area contributed by atoms with E-state index >= 15 is 0 Å². The normalized spacial score (nSPS) is 17.5. The molecule has 1 aliphatic carbocycles. The number of carbonyl (C=O) groups is 1. The lowest BCUT2D eigenvalue weighted by molar-refractivity contribution is 0.0886. The summed E-state index contributed by atoms with van der Waals surface area (Å²) in [5.74, 6) is 0.204.